The van der Waals surface area contributed by atoms with Crippen molar-refractivity contribution < 1.29 is 14.3 Å². The lowest BCUT2D eigenvalue weighted by Crippen LogP contribution is -2.50. The monoisotopic (exact) mass is 360 g/mol. The van der Waals surface area contributed by atoms with Gasteiger partial charge in [-0.1, -0.05) is 36.8 Å². The van der Waals surface area contributed by atoms with E-state index < -0.39 is 0 Å². The number of nitrogens with zero attached hydrogens (tertiary/aromatic N) is 1. The van der Waals surface area contributed by atoms with Crippen molar-refractivity contribution in [2.75, 3.05) is 45.9 Å². The van der Waals surface area contributed by atoms with Crippen molar-refractivity contribution in [2.45, 2.75) is 24.7 Å². The Kier molecular flexibility index (Phi) is 6.33. The molecular formula is C19H28N4O3. The number of benzene rings is 1. The van der Waals surface area contributed by atoms with Gasteiger partial charge < -0.3 is 25.6 Å². The number of carbonyl (C=O) groups is 2. The van der Waals surface area contributed by atoms with Crippen LogP contribution >= 0.6 is 0 Å². The predicted molar refractivity (Wildman–Crippen MR) is 99.2 cm³/mol. The average Bonchev–Trinajstić information content (AvgIpc) is 2.66. The molecule has 0 unspecified atom stereocenters. The molecule has 1 saturated carbocycles. The molecule has 1 saturated heterocycles. The van der Waals surface area contributed by atoms with Crippen LogP contribution in [0.4, 0.5) is 9.59 Å². The van der Waals surface area contributed by atoms with Crippen molar-refractivity contribution in [1.82, 2.24) is 20.9 Å². The van der Waals surface area contributed by atoms with Crippen LogP contribution in [0.25, 0.3) is 0 Å². The van der Waals surface area contributed by atoms with E-state index in [4.69, 9.17) is 4.74 Å². The second-order valence-electron chi connectivity index (χ2n) is 6.94. The molecule has 0 bridgehead atoms. The molecule has 1 aliphatic carbocycles. The van der Waals surface area contributed by atoms with Gasteiger partial charge in [-0.3, -0.25) is 0 Å². The predicted octanol–water partition coefficient (Wildman–Crippen LogP) is 1.45. The second-order valence-corrected chi connectivity index (χ2v) is 6.94. The number of carbonyl (C=O) groups excluding carboxylic acids is 2. The van der Waals surface area contributed by atoms with Gasteiger partial charge >= 0.3 is 12.1 Å². The molecule has 2 fully saturated rings. The Morgan fingerprint density at radius 3 is 2.35 bits per heavy atom. The summed E-state index contributed by atoms with van der Waals surface area (Å²) in [5, 5.41) is 8.61. The van der Waals surface area contributed by atoms with E-state index in [1.54, 1.807) is 4.90 Å². The van der Waals surface area contributed by atoms with Gasteiger partial charge in [-0.25, -0.2) is 9.59 Å². The quantitative estimate of drug-likeness (QED) is 0.672. The average molecular weight is 360 g/mol. The van der Waals surface area contributed by atoms with Gasteiger partial charge in [0, 0.05) is 38.1 Å². The summed E-state index contributed by atoms with van der Waals surface area (Å²) in [6, 6.07) is 10.1. The van der Waals surface area contributed by atoms with E-state index >= 15 is 0 Å². The molecule has 4 amide bonds. The Labute approximate surface area is 154 Å². The molecule has 0 spiro atoms. The van der Waals surface area contributed by atoms with Crippen LogP contribution in [0, 0.1) is 0 Å². The maximum Gasteiger partial charge on any atom is 0.317 e. The Morgan fingerprint density at radius 1 is 1.00 bits per heavy atom. The Bertz CT molecular complexity index is 598. The molecule has 26 heavy (non-hydrogen) atoms. The first-order valence-corrected chi connectivity index (χ1v) is 9.37. The van der Waals surface area contributed by atoms with Gasteiger partial charge in [-0.05, 0) is 18.4 Å². The minimum atomic E-state index is -0.187. The highest BCUT2D eigenvalue weighted by Gasteiger charge is 2.38. The Hall–Kier alpha value is -2.28. The number of ether oxygens (including phenoxy) is 1. The highest BCUT2D eigenvalue weighted by Crippen LogP contribution is 2.43. The SMILES string of the molecule is O=C(NCCNC(=O)N1CCOCC1)NCC1(c2ccccc2)CCC1. The lowest BCUT2D eigenvalue weighted by molar-refractivity contribution is 0.0533. The third-order valence-corrected chi connectivity index (χ3v) is 5.27. The first-order chi connectivity index (χ1) is 12.7. The van der Waals surface area contributed by atoms with Gasteiger partial charge in [0.05, 0.1) is 13.2 Å². The van der Waals surface area contributed by atoms with Crippen LogP contribution in [-0.4, -0.2) is 62.9 Å². The van der Waals surface area contributed by atoms with Crippen LogP contribution < -0.4 is 16.0 Å². The van der Waals surface area contributed by atoms with Gasteiger partial charge in [0.1, 0.15) is 0 Å². The number of amides is 4. The third-order valence-electron chi connectivity index (χ3n) is 5.27. The summed E-state index contributed by atoms with van der Waals surface area (Å²) in [4.78, 5) is 25.7. The topological polar surface area (TPSA) is 82.7 Å². The summed E-state index contributed by atoms with van der Waals surface area (Å²) in [6.07, 6.45) is 3.41. The molecule has 3 N–H and O–H groups in total. The zero-order valence-electron chi connectivity index (χ0n) is 15.1. The molecule has 0 aromatic heterocycles. The fraction of sp³-hybridized carbons (Fsp3) is 0.579. The molecule has 7 heteroatoms. The zero-order valence-corrected chi connectivity index (χ0v) is 15.1. The van der Waals surface area contributed by atoms with Crippen LogP contribution in [0.1, 0.15) is 24.8 Å². The second kappa shape index (κ2) is 8.89. The number of morpholine rings is 1. The summed E-state index contributed by atoms with van der Waals surface area (Å²) in [5.74, 6) is 0. The summed E-state index contributed by atoms with van der Waals surface area (Å²) >= 11 is 0. The number of hydrogen-bond donors (Lipinski definition) is 3. The van der Waals surface area contributed by atoms with Gasteiger partial charge in [-0.2, -0.15) is 0 Å². The molecular weight excluding hydrogens is 332 g/mol. The standard InChI is InChI=1S/C19H28N4O3/c24-17(20-9-10-21-18(25)23-11-13-26-14-12-23)22-15-19(7-4-8-19)16-5-2-1-3-6-16/h1-3,5-6H,4,7-15H2,(H,21,25)(H2,20,22,24). The maximum absolute atomic E-state index is 12.0. The van der Waals surface area contributed by atoms with Crippen LogP contribution in [-0.2, 0) is 10.2 Å². The van der Waals surface area contributed by atoms with Crippen molar-refractivity contribution in [3.05, 3.63) is 35.9 Å². The number of rotatable bonds is 6. The summed E-state index contributed by atoms with van der Waals surface area (Å²) in [5.41, 5.74) is 1.37. The van der Waals surface area contributed by atoms with E-state index in [-0.39, 0.29) is 17.5 Å². The number of nitrogens with one attached hydrogen (secondary N) is 3. The molecule has 2 aliphatic rings. The van der Waals surface area contributed by atoms with Gasteiger partial charge in [0.15, 0.2) is 0 Å². The minimum Gasteiger partial charge on any atom is -0.378 e. The first kappa shape index (κ1) is 18.5. The summed E-state index contributed by atoms with van der Waals surface area (Å²) in [6.45, 7) is 3.84. The van der Waals surface area contributed by atoms with E-state index in [1.165, 1.54) is 12.0 Å². The molecule has 0 atom stereocenters. The third kappa shape index (κ3) is 4.66. The van der Waals surface area contributed by atoms with Crippen LogP contribution in [0.15, 0.2) is 30.3 Å². The van der Waals surface area contributed by atoms with Crippen molar-refractivity contribution in [2.24, 2.45) is 0 Å². The van der Waals surface area contributed by atoms with Gasteiger partial charge in [0.25, 0.3) is 0 Å². The van der Waals surface area contributed by atoms with E-state index in [9.17, 15) is 9.59 Å². The largest absolute Gasteiger partial charge is 0.378 e. The van der Waals surface area contributed by atoms with Crippen molar-refractivity contribution >= 4 is 12.1 Å². The summed E-state index contributed by atoms with van der Waals surface area (Å²) in [7, 11) is 0. The van der Waals surface area contributed by atoms with Crippen LogP contribution in [0.3, 0.4) is 0 Å². The minimum absolute atomic E-state index is 0.0726. The maximum atomic E-state index is 12.0. The molecule has 3 rings (SSSR count). The zero-order chi connectivity index (χ0) is 18.2. The lowest BCUT2D eigenvalue weighted by atomic mass is 9.64. The first-order valence-electron chi connectivity index (χ1n) is 9.37. The molecule has 1 heterocycles. The normalized spacial score (nSPS) is 18.5. The van der Waals surface area contributed by atoms with Gasteiger partial charge in [0.2, 0.25) is 0 Å². The highest BCUT2D eigenvalue weighted by atomic mass is 16.5. The molecule has 0 radical (unpaired) electrons. The van der Waals surface area contributed by atoms with Crippen molar-refractivity contribution in [1.29, 1.82) is 0 Å². The molecule has 7 nitrogen and oxygen atoms in total. The van der Waals surface area contributed by atoms with E-state index in [0.29, 0.717) is 45.9 Å². The molecule has 1 aromatic rings. The van der Waals surface area contributed by atoms with Crippen LogP contribution in [0.5, 0.6) is 0 Å². The molecule has 1 aliphatic heterocycles. The van der Waals surface area contributed by atoms with E-state index in [1.807, 2.05) is 18.2 Å². The molecule has 142 valence electrons. The lowest BCUT2D eigenvalue weighted by Gasteiger charge is -2.42. The number of hydrogen-bond acceptors (Lipinski definition) is 3. The van der Waals surface area contributed by atoms with Crippen LogP contribution in [0.2, 0.25) is 0 Å². The molecule has 1 aromatic carbocycles. The number of urea groups is 2. The smallest absolute Gasteiger partial charge is 0.317 e. The Balaban J connectivity index is 1.33. The highest BCUT2D eigenvalue weighted by molar-refractivity contribution is 5.75. The van der Waals surface area contributed by atoms with Gasteiger partial charge in [-0.15, -0.1) is 0 Å². The van der Waals surface area contributed by atoms with E-state index in [2.05, 4.69) is 28.1 Å². The van der Waals surface area contributed by atoms with E-state index in [0.717, 1.165) is 12.8 Å². The fourth-order valence-electron chi connectivity index (χ4n) is 3.50. The van der Waals surface area contributed by atoms with Crippen molar-refractivity contribution in [3.8, 4) is 0 Å². The Morgan fingerprint density at radius 2 is 1.69 bits per heavy atom. The van der Waals surface area contributed by atoms with Crippen molar-refractivity contribution in [3.63, 3.8) is 0 Å². The summed E-state index contributed by atoms with van der Waals surface area (Å²) < 4.78 is 5.22. The fourth-order valence-corrected chi connectivity index (χ4v) is 3.50.